The molecule has 19 atom stereocenters. The Bertz CT molecular complexity index is 1300. The first-order valence-corrected chi connectivity index (χ1v) is 21.3. The Labute approximate surface area is 324 Å². The molecule has 0 aromatic carbocycles. The van der Waals surface area contributed by atoms with E-state index in [4.69, 9.17) is 28.4 Å². The maximum Gasteiger partial charge on any atom is 0.311 e. The summed E-state index contributed by atoms with van der Waals surface area (Å²) in [6.07, 6.45) is 5.82. The standard InChI is InChI=1S/C43H74O11/c1-12-30(39(47)49-11)32-16-15-24(4)37(51-32)28(8)35(45)27(7)36(46)31(13-2)38-25(5)23-26(6)42(52-38)20-17-33(44)43(54-42)22-21-40(10,53-43)34-18-19-41(48,14-3)29(9)50-34/h17,20,24-38,44-46,48H,12-16,18-19,21-23H2,1-11H3/t24?,25-,26+,27-,28-,29-,30+,31-,32+,33+,34+,35+,36+,37+,38-,40-,41+,42-,43-/m0/s1. The van der Waals surface area contributed by atoms with E-state index in [-0.39, 0.29) is 65.9 Å². The molecule has 0 saturated carbocycles. The molecule has 1 unspecified atom stereocenters. The average Bonchev–Trinajstić information content (AvgIpc) is 3.50. The van der Waals surface area contributed by atoms with Gasteiger partial charge in [0.05, 0.1) is 67.0 Å². The minimum Gasteiger partial charge on any atom is -0.469 e. The van der Waals surface area contributed by atoms with Gasteiger partial charge in [0.25, 0.3) is 0 Å². The van der Waals surface area contributed by atoms with Crippen LogP contribution < -0.4 is 0 Å². The van der Waals surface area contributed by atoms with Gasteiger partial charge in [0, 0.05) is 30.1 Å². The zero-order chi connectivity index (χ0) is 40.0. The van der Waals surface area contributed by atoms with Crippen LogP contribution in [0.5, 0.6) is 0 Å². The lowest BCUT2D eigenvalue weighted by atomic mass is 9.72. The number of hydrogen-bond donors (Lipinski definition) is 4. The molecule has 2 spiro atoms. The van der Waals surface area contributed by atoms with E-state index in [1.54, 1.807) is 6.08 Å². The SMILES string of the molecule is CC[C@@H]([C@H](O)[C@@H](C)[C@@H](O)[C@H](C)[C@@H]1O[C@@H]([C@@H](CC)C(=O)OC)CCC1C)[C@H]1O[C@]2(C=C[C@@H](O)[C@]3(CC[C@@](C)([C@H]4CC[C@](O)(CC)[C@H](C)O4)O3)O2)[C@H](C)C[C@@H]1C. The van der Waals surface area contributed by atoms with Crippen molar-refractivity contribution in [3.05, 3.63) is 12.2 Å². The van der Waals surface area contributed by atoms with Crippen LogP contribution in [-0.2, 0) is 33.2 Å². The first kappa shape index (κ1) is 44.0. The van der Waals surface area contributed by atoms with Gasteiger partial charge in [0.1, 0.15) is 6.10 Å². The first-order chi connectivity index (χ1) is 25.3. The van der Waals surface area contributed by atoms with Crippen molar-refractivity contribution in [1.82, 2.24) is 0 Å². The zero-order valence-electron chi connectivity index (χ0n) is 35.0. The molecule has 0 aliphatic carbocycles. The summed E-state index contributed by atoms with van der Waals surface area (Å²) in [5.41, 5.74) is -1.60. The van der Waals surface area contributed by atoms with Crippen LogP contribution in [-0.4, -0.2) is 105 Å². The summed E-state index contributed by atoms with van der Waals surface area (Å²) in [7, 11) is 1.41. The normalized spacial score (nSPS) is 46.2. The maximum absolute atomic E-state index is 12.5. The van der Waals surface area contributed by atoms with Gasteiger partial charge in [0.2, 0.25) is 5.79 Å². The highest BCUT2D eigenvalue weighted by atomic mass is 16.8. The molecular formula is C43H74O11. The number of carbonyl (C=O) groups is 1. The quantitative estimate of drug-likeness (QED) is 0.135. The fraction of sp³-hybridized carbons (Fsp3) is 0.930. The van der Waals surface area contributed by atoms with Crippen molar-refractivity contribution in [3.8, 4) is 0 Å². The number of ether oxygens (including phenoxy) is 6. The monoisotopic (exact) mass is 767 g/mol. The van der Waals surface area contributed by atoms with E-state index in [0.717, 1.165) is 19.3 Å². The maximum atomic E-state index is 12.5. The lowest BCUT2D eigenvalue weighted by Crippen LogP contribution is -2.63. The van der Waals surface area contributed by atoms with Crippen LogP contribution in [0.3, 0.4) is 0 Å². The number of aliphatic hydroxyl groups excluding tert-OH is 3. The van der Waals surface area contributed by atoms with Crippen LogP contribution >= 0.6 is 0 Å². The fourth-order valence-corrected chi connectivity index (χ4v) is 10.8. The van der Waals surface area contributed by atoms with E-state index < -0.39 is 53.1 Å². The molecule has 0 bridgehead atoms. The van der Waals surface area contributed by atoms with Crippen LogP contribution in [0, 0.1) is 41.4 Å². The van der Waals surface area contributed by atoms with Crippen LogP contribution in [0.1, 0.15) is 133 Å². The van der Waals surface area contributed by atoms with Gasteiger partial charge in [-0.1, -0.05) is 55.4 Å². The predicted molar refractivity (Wildman–Crippen MR) is 204 cm³/mol. The van der Waals surface area contributed by atoms with Crippen LogP contribution in [0.25, 0.3) is 0 Å². The molecule has 5 rings (SSSR count). The van der Waals surface area contributed by atoms with Crippen molar-refractivity contribution < 1.29 is 53.6 Å². The molecule has 0 radical (unpaired) electrons. The molecule has 4 N–H and O–H groups in total. The van der Waals surface area contributed by atoms with Crippen LogP contribution in [0.4, 0.5) is 0 Å². The molecule has 0 aromatic heterocycles. The molecule has 5 aliphatic heterocycles. The highest BCUT2D eigenvalue weighted by Gasteiger charge is 2.63. The summed E-state index contributed by atoms with van der Waals surface area (Å²) >= 11 is 0. The van der Waals surface area contributed by atoms with E-state index in [2.05, 4.69) is 20.8 Å². The van der Waals surface area contributed by atoms with Crippen molar-refractivity contribution in [3.63, 3.8) is 0 Å². The molecule has 54 heavy (non-hydrogen) atoms. The number of aliphatic hydroxyl groups is 4. The number of esters is 1. The van der Waals surface area contributed by atoms with Gasteiger partial charge >= 0.3 is 5.97 Å². The van der Waals surface area contributed by atoms with Gasteiger partial charge in [0.15, 0.2) is 5.79 Å². The van der Waals surface area contributed by atoms with Gasteiger partial charge in [-0.25, -0.2) is 0 Å². The predicted octanol–water partition coefficient (Wildman–Crippen LogP) is 6.07. The third-order valence-electron chi connectivity index (χ3n) is 14.9. The molecule has 0 amide bonds. The molecule has 0 aromatic rings. The topological polar surface area (TPSA) is 153 Å². The molecule has 5 aliphatic rings. The first-order valence-electron chi connectivity index (χ1n) is 21.3. The van der Waals surface area contributed by atoms with Crippen molar-refractivity contribution in [1.29, 1.82) is 0 Å². The summed E-state index contributed by atoms with van der Waals surface area (Å²) in [6.45, 7) is 20.2. The number of methoxy groups -OCH3 is 1. The van der Waals surface area contributed by atoms with E-state index in [0.29, 0.717) is 44.9 Å². The van der Waals surface area contributed by atoms with Gasteiger partial charge in [-0.3, -0.25) is 4.79 Å². The van der Waals surface area contributed by atoms with Gasteiger partial charge < -0.3 is 48.8 Å². The lowest BCUT2D eigenvalue weighted by molar-refractivity contribution is -0.411. The summed E-state index contributed by atoms with van der Waals surface area (Å²) < 4.78 is 38.9. The van der Waals surface area contributed by atoms with Crippen molar-refractivity contribution in [2.75, 3.05) is 7.11 Å². The van der Waals surface area contributed by atoms with E-state index in [1.807, 2.05) is 54.5 Å². The van der Waals surface area contributed by atoms with E-state index in [1.165, 1.54) is 7.11 Å². The van der Waals surface area contributed by atoms with Crippen LogP contribution in [0.15, 0.2) is 12.2 Å². The van der Waals surface area contributed by atoms with Gasteiger partial charge in [-0.2, -0.15) is 0 Å². The second-order valence-corrected chi connectivity index (χ2v) is 18.3. The number of carbonyl (C=O) groups excluding carboxylic acids is 1. The summed E-state index contributed by atoms with van der Waals surface area (Å²) in [4.78, 5) is 12.5. The average molecular weight is 767 g/mol. The second-order valence-electron chi connectivity index (χ2n) is 18.3. The Morgan fingerprint density at radius 1 is 0.907 bits per heavy atom. The number of hydrogen-bond acceptors (Lipinski definition) is 11. The summed E-state index contributed by atoms with van der Waals surface area (Å²) in [6, 6.07) is 0. The van der Waals surface area contributed by atoms with Crippen molar-refractivity contribution in [2.24, 2.45) is 41.4 Å². The minimum atomic E-state index is -1.34. The highest BCUT2D eigenvalue weighted by molar-refractivity contribution is 5.72. The lowest BCUT2D eigenvalue weighted by Gasteiger charge is -2.55. The second kappa shape index (κ2) is 17.0. The highest BCUT2D eigenvalue weighted by Crippen LogP contribution is 2.54. The Kier molecular flexibility index (Phi) is 13.8. The largest absolute Gasteiger partial charge is 0.469 e. The minimum absolute atomic E-state index is 0.0714. The summed E-state index contributed by atoms with van der Waals surface area (Å²) in [5.74, 6) is -4.05. The summed E-state index contributed by atoms with van der Waals surface area (Å²) in [5, 5.41) is 46.5. The van der Waals surface area contributed by atoms with Crippen molar-refractivity contribution in [2.45, 2.75) is 205 Å². The van der Waals surface area contributed by atoms with E-state index in [9.17, 15) is 25.2 Å². The van der Waals surface area contributed by atoms with Crippen molar-refractivity contribution >= 4 is 5.97 Å². The molecule has 11 nitrogen and oxygen atoms in total. The Balaban J connectivity index is 1.30. The molecular weight excluding hydrogens is 692 g/mol. The number of rotatable bonds is 12. The Morgan fingerprint density at radius 3 is 2.22 bits per heavy atom. The fourth-order valence-electron chi connectivity index (χ4n) is 10.8. The molecule has 5 heterocycles. The molecule has 4 fully saturated rings. The third kappa shape index (κ3) is 8.11. The third-order valence-corrected chi connectivity index (χ3v) is 14.9. The molecule has 11 heteroatoms. The van der Waals surface area contributed by atoms with E-state index >= 15 is 0 Å². The Hall–Kier alpha value is -1.15. The Morgan fingerprint density at radius 2 is 1.61 bits per heavy atom. The van der Waals surface area contributed by atoms with Crippen LogP contribution in [0.2, 0.25) is 0 Å². The van der Waals surface area contributed by atoms with Gasteiger partial charge in [-0.05, 0) is 95.6 Å². The molecule has 312 valence electrons. The van der Waals surface area contributed by atoms with Gasteiger partial charge in [-0.15, -0.1) is 0 Å². The molecule has 4 saturated heterocycles. The zero-order valence-corrected chi connectivity index (χ0v) is 35.0. The smallest absolute Gasteiger partial charge is 0.311 e.